The number of unbranched alkanes of at least 4 members (excludes halogenated alkanes) is 1. The lowest BCUT2D eigenvalue weighted by Gasteiger charge is -2.25. The second-order valence-electron chi connectivity index (χ2n) is 4.71. The molecule has 1 aliphatic carbocycles. The summed E-state index contributed by atoms with van der Waals surface area (Å²) in [6, 6.07) is 4.33. The number of hydrogen-bond acceptors (Lipinski definition) is 3. The molecule has 17 heavy (non-hydrogen) atoms. The van der Waals surface area contributed by atoms with Crippen molar-refractivity contribution in [3.05, 3.63) is 23.9 Å². The summed E-state index contributed by atoms with van der Waals surface area (Å²) in [5.41, 5.74) is 0.760. The van der Waals surface area contributed by atoms with Crippen LogP contribution in [0.15, 0.2) is 18.3 Å². The van der Waals surface area contributed by atoms with Crippen molar-refractivity contribution in [2.75, 3.05) is 11.4 Å². The van der Waals surface area contributed by atoms with Crippen LogP contribution in [0.25, 0.3) is 0 Å². The molecule has 0 spiro atoms. The molecule has 1 saturated carbocycles. The number of pyridine rings is 1. The number of rotatable bonds is 6. The average Bonchev–Trinajstić information content (AvgIpc) is 3.14. The third-order valence-electron chi connectivity index (χ3n) is 3.18. The summed E-state index contributed by atoms with van der Waals surface area (Å²) in [5.74, 6) is 0.992. The van der Waals surface area contributed by atoms with E-state index in [1.54, 1.807) is 13.1 Å². The molecule has 0 aromatic carbocycles. The number of Topliss-reactive ketones (excluding diaryl/α,β-unsaturated/α-hetero) is 1. The Hall–Kier alpha value is -1.38. The number of nitrogens with zero attached hydrogens (tertiary/aromatic N) is 2. The lowest BCUT2D eigenvalue weighted by molar-refractivity contribution is 0.101. The Kier molecular flexibility index (Phi) is 3.77. The molecule has 1 aromatic heterocycles. The highest BCUT2D eigenvalue weighted by Crippen LogP contribution is 2.32. The van der Waals surface area contributed by atoms with Gasteiger partial charge in [-0.25, -0.2) is 4.98 Å². The predicted molar refractivity (Wildman–Crippen MR) is 69.5 cm³/mol. The molecular weight excluding hydrogens is 212 g/mol. The average molecular weight is 232 g/mol. The maximum absolute atomic E-state index is 11.6. The van der Waals surface area contributed by atoms with Crippen LogP contribution in [0.4, 0.5) is 5.82 Å². The standard InChI is InChI=1S/C14H20N2O/c1-3-4-10-16(12-7-8-12)14-13(11(2)17)6-5-9-15-14/h5-6,9,12H,3-4,7-8,10H2,1-2H3. The fraction of sp³-hybridized carbons (Fsp3) is 0.571. The molecule has 1 heterocycles. The molecule has 0 atom stereocenters. The van der Waals surface area contributed by atoms with Crippen LogP contribution in [-0.4, -0.2) is 23.4 Å². The van der Waals surface area contributed by atoms with E-state index < -0.39 is 0 Å². The third-order valence-corrected chi connectivity index (χ3v) is 3.18. The molecule has 0 aliphatic heterocycles. The molecule has 1 aromatic rings. The van der Waals surface area contributed by atoms with Gasteiger partial charge in [-0.3, -0.25) is 4.79 Å². The molecule has 3 nitrogen and oxygen atoms in total. The number of carbonyl (C=O) groups is 1. The van der Waals surface area contributed by atoms with Crippen LogP contribution >= 0.6 is 0 Å². The molecule has 1 fully saturated rings. The number of aromatic nitrogens is 1. The van der Waals surface area contributed by atoms with Gasteiger partial charge >= 0.3 is 0 Å². The van der Waals surface area contributed by atoms with Crippen LogP contribution in [-0.2, 0) is 0 Å². The van der Waals surface area contributed by atoms with Crippen molar-refractivity contribution in [3.8, 4) is 0 Å². The second kappa shape index (κ2) is 5.30. The van der Waals surface area contributed by atoms with E-state index in [0.717, 1.165) is 24.3 Å². The quantitative estimate of drug-likeness (QED) is 0.707. The van der Waals surface area contributed by atoms with Gasteiger partial charge in [0, 0.05) is 18.8 Å². The first-order chi connectivity index (χ1) is 8.24. The van der Waals surface area contributed by atoms with E-state index in [0.29, 0.717) is 6.04 Å². The smallest absolute Gasteiger partial charge is 0.163 e. The zero-order chi connectivity index (χ0) is 12.3. The molecule has 0 saturated heterocycles. The van der Waals surface area contributed by atoms with E-state index in [9.17, 15) is 4.79 Å². The fourth-order valence-electron chi connectivity index (χ4n) is 2.08. The minimum atomic E-state index is 0.107. The molecule has 0 bridgehead atoms. The van der Waals surface area contributed by atoms with E-state index >= 15 is 0 Å². The molecule has 92 valence electrons. The largest absolute Gasteiger partial charge is 0.353 e. The van der Waals surface area contributed by atoms with E-state index in [2.05, 4.69) is 16.8 Å². The molecule has 0 radical (unpaired) electrons. The molecular formula is C14H20N2O. The zero-order valence-corrected chi connectivity index (χ0v) is 10.6. The summed E-state index contributed by atoms with van der Waals surface area (Å²) in [6.45, 7) is 4.82. The topological polar surface area (TPSA) is 33.2 Å². The Morgan fingerprint density at radius 2 is 2.29 bits per heavy atom. The summed E-state index contributed by atoms with van der Waals surface area (Å²) in [4.78, 5) is 18.4. The SMILES string of the molecule is CCCCN(c1ncccc1C(C)=O)C1CC1. The minimum Gasteiger partial charge on any atom is -0.353 e. The summed E-state index contributed by atoms with van der Waals surface area (Å²) in [7, 11) is 0. The lowest BCUT2D eigenvalue weighted by atomic mass is 10.1. The summed E-state index contributed by atoms with van der Waals surface area (Å²) in [6.07, 6.45) is 6.58. The van der Waals surface area contributed by atoms with Crippen LogP contribution in [0.5, 0.6) is 0 Å². The first kappa shape index (κ1) is 12.1. The first-order valence-corrected chi connectivity index (χ1v) is 6.46. The number of carbonyl (C=O) groups excluding carboxylic acids is 1. The van der Waals surface area contributed by atoms with Crippen molar-refractivity contribution in [2.24, 2.45) is 0 Å². The summed E-state index contributed by atoms with van der Waals surface area (Å²) >= 11 is 0. The Morgan fingerprint density at radius 3 is 2.88 bits per heavy atom. The van der Waals surface area contributed by atoms with E-state index in [-0.39, 0.29) is 5.78 Å². The van der Waals surface area contributed by atoms with Crippen LogP contribution < -0.4 is 4.90 Å². The maximum atomic E-state index is 11.6. The molecule has 0 amide bonds. The van der Waals surface area contributed by atoms with E-state index in [1.165, 1.54) is 19.3 Å². The van der Waals surface area contributed by atoms with Gasteiger partial charge in [0.25, 0.3) is 0 Å². The van der Waals surface area contributed by atoms with Crippen LogP contribution in [0, 0.1) is 0 Å². The van der Waals surface area contributed by atoms with Gasteiger partial charge in [0.05, 0.1) is 5.56 Å². The fourth-order valence-corrected chi connectivity index (χ4v) is 2.08. The number of anilines is 1. The monoisotopic (exact) mass is 232 g/mol. The van der Waals surface area contributed by atoms with Gasteiger partial charge in [-0.05, 0) is 38.3 Å². The highest BCUT2D eigenvalue weighted by Gasteiger charge is 2.31. The summed E-state index contributed by atoms with van der Waals surface area (Å²) in [5, 5.41) is 0. The van der Waals surface area contributed by atoms with Crippen molar-refractivity contribution < 1.29 is 4.79 Å². The van der Waals surface area contributed by atoms with E-state index in [1.807, 2.05) is 12.1 Å². The maximum Gasteiger partial charge on any atom is 0.163 e. The van der Waals surface area contributed by atoms with Gasteiger partial charge in [-0.2, -0.15) is 0 Å². The third kappa shape index (κ3) is 2.84. The first-order valence-electron chi connectivity index (χ1n) is 6.46. The summed E-state index contributed by atoms with van der Waals surface area (Å²) < 4.78 is 0. The van der Waals surface area contributed by atoms with Gasteiger partial charge in [0.1, 0.15) is 5.82 Å². The minimum absolute atomic E-state index is 0.107. The van der Waals surface area contributed by atoms with Crippen LogP contribution in [0.3, 0.4) is 0 Å². The van der Waals surface area contributed by atoms with Gasteiger partial charge in [-0.1, -0.05) is 13.3 Å². The van der Waals surface area contributed by atoms with E-state index in [4.69, 9.17) is 0 Å². The van der Waals surface area contributed by atoms with Crippen molar-refractivity contribution in [2.45, 2.75) is 45.6 Å². The Balaban J connectivity index is 2.25. The number of hydrogen-bond donors (Lipinski definition) is 0. The van der Waals surface area contributed by atoms with Crippen LogP contribution in [0.1, 0.15) is 49.9 Å². The van der Waals surface area contributed by atoms with Gasteiger partial charge in [-0.15, -0.1) is 0 Å². The van der Waals surface area contributed by atoms with Crippen molar-refractivity contribution in [1.82, 2.24) is 4.98 Å². The van der Waals surface area contributed by atoms with Crippen LogP contribution in [0.2, 0.25) is 0 Å². The normalized spacial score (nSPS) is 14.7. The van der Waals surface area contributed by atoms with Crippen molar-refractivity contribution >= 4 is 11.6 Å². The Morgan fingerprint density at radius 1 is 1.53 bits per heavy atom. The predicted octanol–water partition coefficient (Wildman–Crippen LogP) is 3.05. The molecule has 0 N–H and O–H groups in total. The van der Waals surface area contributed by atoms with Crippen molar-refractivity contribution in [1.29, 1.82) is 0 Å². The van der Waals surface area contributed by atoms with Gasteiger partial charge in [0.2, 0.25) is 0 Å². The molecule has 2 rings (SSSR count). The second-order valence-corrected chi connectivity index (χ2v) is 4.71. The zero-order valence-electron chi connectivity index (χ0n) is 10.6. The Labute approximate surface area is 103 Å². The van der Waals surface area contributed by atoms with Gasteiger partial charge < -0.3 is 4.90 Å². The highest BCUT2D eigenvalue weighted by atomic mass is 16.1. The van der Waals surface area contributed by atoms with Crippen molar-refractivity contribution in [3.63, 3.8) is 0 Å². The van der Waals surface area contributed by atoms with Gasteiger partial charge in [0.15, 0.2) is 5.78 Å². The molecule has 1 aliphatic rings. The molecule has 0 unspecified atom stereocenters. The number of ketones is 1. The highest BCUT2D eigenvalue weighted by molar-refractivity contribution is 5.98. The molecule has 3 heteroatoms. The lowest BCUT2D eigenvalue weighted by Crippen LogP contribution is -2.29. The Bertz CT molecular complexity index is 399.